The summed E-state index contributed by atoms with van der Waals surface area (Å²) in [6, 6.07) is 9.87. The second kappa shape index (κ2) is 6.89. The van der Waals surface area contributed by atoms with Crippen molar-refractivity contribution in [3.05, 3.63) is 41.4 Å². The Bertz CT molecular complexity index is 629. The number of benzene rings is 1. The van der Waals surface area contributed by atoms with Gasteiger partial charge in [0.2, 0.25) is 0 Å². The lowest BCUT2D eigenvalue weighted by atomic mass is 10.1. The largest absolute Gasteiger partial charge is 0.391 e. The number of hydrogen-bond acceptors (Lipinski definition) is 4. The number of aliphatic hydroxyl groups excluding tert-OH is 1. The maximum Gasteiger partial charge on any atom is 0.317 e. The number of hydrogen-bond donors (Lipinski definition) is 2. The number of likely N-dealkylation sites (tertiary alicyclic amines) is 1. The minimum Gasteiger partial charge on any atom is -0.391 e. The minimum absolute atomic E-state index is 0.131. The number of piperidine rings is 1. The van der Waals surface area contributed by atoms with E-state index in [1.807, 2.05) is 35.7 Å². The molecule has 116 valence electrons. The number of nitrogens with one attached hydrogen (secondary N) is 1. The van der Waals surface area contributed by atoms with Gasteiger partial charge < -0.3 is 15.3 Å². The zero-order chi connectivity index (χ0) is 15.4. The first-order valence-corrected chi connectivity index (χ1v) is 8.31. The van der Waals surface area contributed by atoms with Crippen LogP contribution in [0, 0.1) is 0 Å². The van der Waals surface area contributed by atoms with Gasteiger partial charge in [0.1, 0.15) is 5.01 Å². The topological polar surface area (TPSA) is 65.5 Å². The zero-order valence-electron chi connectivity index (χ0n) is 12.2. The smallest absolute Gasteiger partial charge is 0.317 e. The summed E-state index contributed by atoms with van der Waals surface area (Å²) in [5.41, 5.74) is 1.94. The normalized spacial score (nSPS) is 18.2. The SMILES string of the molecule is O=C(NCc1csc(-c2ccccc2)n1)N1CCCC(O)C1. The van der Waals surface area contributed by atoms with Crippen LogP contribution >= 0.6 is 11.3 Å². The van der Waals surface area contributed by atoms with Crippen molar-refractivity contribution in [3.63, 3.8) is 0 Å². The number of aliphatic hydroxyl groups is 1. The van der Waals surface area contributed by atoms with Crippen molar-refractivity contribution in [3.8, 4) is 10.6 Å². The summed E-state index contributed by atoms with van der Waals surface area (Å²) in [6.07, 6.45) is 1.23. The molecule has 0 spiro atoms. The van der Waals surface area contributed by atoms with Crippen molar-refractivity contribution in [2.45, 2.75) is 25.5 Å². The molecule has 22 heavy (non-hydrogen) atoms. The van der Waals surface area contributed by atoms with Gasteiger partial charge in [0.25, 0.3) is 0 Å². The van der Waals surface area contributed by atoms with Crippen molar-refractivity contribution >= 4 is 17.4 Å². The van der Waals surface area contributed by atoms with Crippen LogP contribution in [0.1, 0.15) is 18.5 Å². The van der Waals surface area contributed by atoms with Crippen molar-refractivity contribution < 1.29 is 9.90 Å². The third kappa shape index (κ3) is 3.64. The van der Waals surface area contributed by atoms with Crippen LogP contribution < -0.4 is 5.32 Å². The zero-order valence-corrected chi connectivity index (χ0v) is 13.1. The number of rotatable bonds is 3. The number of carbonyl (C=O) groups is 1. The molecule has 1 aromatic heterocycles. The quantitative estimate of drug-likeness (QED) is 0.914. The molecule has 3 rings (SSSR count). The van der Waals surface area contributed by atoms with Gasteiger partial charge in [-0.05, 0) is 12.8 Å². The van der Waals surface area contributed by atoms with Crippen LogP contribution in [-0.4, -0.2) is 40.2 Å². The van der Waals surface area contributed by atoms with Crippen molar-refractivity contribution in [2.24, 2.45) is 0 Å². The van der Waals surface area contributed by atoms with Gasteiger partial charge in [-0.3, -0.25) is 0 Å². The predicted molar refractivity (Wildman–Crippen MR) is 86.6 cm³/mol. The molecule has 1 aromatic carbocycles. The Balaban J connectivity index is 1.56. The minimum atomic E-state index is -0.400. The summed E-state index contributed by atoms with van der Waals surface area (Å²) in [7, 11) is 0. The van der Waals surface area contributed by atoms with E-state index in [0.717, 1.165) is 29.1 Å². The fourth-order valence-electron chi connectivity index (χ4n) is 2.52. The predicted octanol–water partition coefficient (Wildman–Crippen LogP) is 2.48. The Labute approximate surface area is 133 Å². The molecule has 2 N–H and O–H groups in total. The second-order valence-corrected chi connectivity index (χ2v) is 6.27. The number of nitrogens with zero attached hydrogens (tertiary/aromatic N) is 2. The molecule has 1 fully saturated rings. The van der Waals surface area contributed by atoms with Gasteiger partial charge in [0.15, 0.2) is 0 Å². The Morgan fingerprint density at radius 2 is 2.23 bits per heavy atom. The second-order valence-electron chi connectivity index (χ2n) is 5.41. The standard InChI is InChI=1S/C16H19N3O2S/c20-14-7-4-8-19(10-14)16(21)17-9-13-11-22-15(18-13)12-5-2-1-3-6-12/h1-3,5-6,11,14,20H,4,7-10H2,(H,17,21). The molecule has 5 nitrogen and oxygen atoms in total. The lowest BCUT2D eigenvalue weighted by molar-refractivity contribution is 0.0841. The van der Waals surface area contributed by atoms with Gasteiger partial charge in [0, 0.05) is 24.0 Å². The first-order valence-electron chi connectivity index (χ1n) is 7.43. The molecule has 0 radical (unpaired) electrons. The highest BCUT2D eigenvalue weighted by atomic mass is 32.1. The van der Waals surface area contributed by atoms with Crippen LogP contribution in [0.5, 0.6) is 0 Å². The summed E-state index contributed by atoms with van der Waals surface area (Å²) in [5.74, 6) is 0. The van der Waals surface area contributed by atoms with E-state index in [9.17, 15) is 9.90 Å². The highest BCUT2D eigenvalue weighted by Crippen LogP contribution is 2.23. The van der Waals surface area contributed by atoms with Crippen LogP contribution in [-0.2, 0) is 6.54 Å². The van der Waals surface area contributed by atoms with E-state index >= 15 is 0 Å². The maximum absolute atomic E-state index is 12.1. The Kier molecular flexibility index (Phi) is 4.70. The molecular formula is C16H19N3O2S. The van der Waals surface area contributed by atoms with E-state index in [2.05, 4.69) is 10.3 Å². The number of β-amino-alcohol motifs (C(OH)–C–C–N with tert-alkyl or cyclic N) is 1. The number of carbonyl (C=O) groups excluding carboxylic acids is 1. The van der Waals surface area contributed by atoms with Gasteiger partial charge in [0.05, 0.1) is 18.3 Å². The highest BCUT2D eigenvalue weighted by molar-refractivity contribution is 7.13. The number of urea groups is 1. The van der Waals surface area contributed by atoms with E-state index in [4.69, 9.17) is 0 Å². The Hall–Kier alpha value is -1.92. The van der Waals surface area contributed by atoms with Gasteiger partial charge in [-0.15, -0.1) is 11.3 Å². The van der Waals surface area contributed by atoms with E-state index in [1.54, 1.807) is 16.2 Å². The van der Waals surface area contributed by atoms with Crippen LogP contribution in [0.2, 0.25) is 0 Å². The highest BCUT2D eigenvalue weighted by Gasteiger charge is 2.21. The van der Waals surface area contributed by atoms with E-state index in [1.165, 1.54) is 0 Å². The first kappa shape index (κ1) is 15.0. The van der Waals surface area contributed by atoms with Crippen molar-refractivity contribution in [1.29, 1.82) is 0 Å². The van der Waals surface area contributed by atoms with E-state index in [-0.39, 0.29) is 6.03 Å². The summed E-state index contributed by atoms with van der Waals surface area (Å²) in [4.78, 5) is 18.3. The molecule has 1 aliphatic rings. The molecule has 2 aromatic rings. The van der Waals surface area contributed by atoms with Gasteiger partial charge in [-0.25, -0.2) is 9.78 Å². The molecule has 0 bridgehead atoms. The Morgan fingerprint density at radius 3 is 3.00 bits per heavy atom. The Morgan fingerprint density at radius 1 is 1.41 bits per heavy atom. The molecule has 2 heterocycles. The lowest BCUT2D eigenvalue weighted by Gasteiger charge is -2.30. The molecular weight excluding hydrogens is 298 g/mol. The van der Waals surface area contributed by atoms with Crippen molar-refractivity contribution in [2.75, 3.05) is 13.1 Å². The molecule has 1 unspecified atom stereocenters. The molecule has 1 saturated heterocycles. The van der Waals surface area contributed by atoms with Crippen LogP contribution in [0.3, 0.4) is 0 Å². The molecule has 1 atom stereocenters. The fourth-order valence-corrected chi connectivity index (χ4v) is 3.34. The number of thiazole rings is 1. The van der Waals surface area contributed by atoms with Gasteiger partial charge >= 0.3 is 6.03 Å². The monoisotopic (exact) mass is 317 g/mol. The maximum atomic E-state index is 12.1. The molecule has 0 aliphatic carbocycles. The average Bonchev–Trinajstić information content (AvgIpc) is 3.02. The summed E-state index contributed by atoms with van der Waals surface area (Å²) < 4.78 is 0. The van der Waals surface area contributed by atoms with Gasteiger partial charge in [-0.2, -0.15) is 0 Å². The fraction of sp³-hybridized carbons (Fsp3) is 0.375. The van der Waals surface area contributed by atoms with E-state index < -0.39 is 6.10 Å². The first-order chi connectivity index (χ1) is 10.7. The number of amides is 2. The summed E-state index contributed by atoms with van der Waals surface area (Å²) >= 11 is 1.57. The van der Waals surface area contributed by atoms with E-state index in [0.29, 0.717) is 19.6 Å². The van der Waals surface area contributed by atoms with Crippen LogP contribution in [0.4, 0.5) is 4.79 Å². The van der Waals surface area contributed by atoms with Crippen LogP contribution in [0.25, 0.3) is 10.6 Å². The number of aromatic nitrogens is 1. The lowest BCUT2D eigenvalue weighted by Crippen LogP contribution is -2.46. The third-order valence-corrected chi connectivity index (χ3v) is 4.62. The molecule has 1 aliphatic heterocycles. The summed E-state index contributed by atoms with van der Waals surface area (Å²) in [5, 5.41) is 15.4. The average molecular weight is 317 g/mol. The third-order valence-electron chi connectivity index (χ3n) is 3.68. The molecule has 2 amide bonds. The summed E-state index contributed by atoms with van der Waals surface area (Å²) in [6.45, 7) is 1.53. The van der Waals surface area contributed by atoms with Crippen LogP contribution in [0.15, 0.2) is 35.7 Å². The van der Waals surface area contributed by atoms with Crippen molar-refractivity contribution in [1.82, 2.24) is 15.2 Å². The molecule has 6 heteroatoms. The molecule has 0 saturated carbocycles. The van der Waals surface area contributed by atoms with Gasteiger partial charge in [-0.1, -0.05) is 30.3 Å².